The van der Waals surface area contributed by atoms with Crippen molar-refractivity contribution in [3.63, 3.8) is 0 Å². The SMILES string of the molecule is O=S(=O)(C1CC1)N1CCCC(CNC2CC2)C1. The third kappa shape index (κ3) is 2.83. The second-order valence-electron chi connectivity index (χ2n) is 5.79. The summed E-state index contributed by atoms with van der Waals surface area (Å²) in [5.41, 5.74) is 0. The summed E-state index contributed by atoms with van der Waals surface area (Å²) in [6.07, 6.45) is 6.57. The number of piperidine rings is 1. The number of nitrogens with one attached hydrogen (secondary N) is 1. The Bertz CT molecular complexity index is 374. The van der Waals surface area contributed by atoms with Crippen LogP contribution in [0.3, 0.4) is 0 Å². The van der Waals surface area contributed by atoms with Crippen LogP contribution in [0.2, 0.25) is 0 Å². The summed E-state index contributed by atoms with van der Waals surface area (Å²) in [6, 6.07) is 0.727. The first-order chi connectivity index (χ1) is 8.16. The van der Waals surface area contributed by atoms with E-state index in [1.165, 1.54) is 19.3 Å². The van der Waals surface area contributed by atoms with Crippen LogP contribution in [0.25, 0.3) is 0 Å². The van der Waals surface area contributed by atoms with Crippen LogP contribution in [-0.2, 0) is 10.0 Å². The molecule has 0 radical (unpaired) electrons. The van der Waals surface area contributed by atoms with Gasteiger partial charge in [-0.2, -0.15) is 0 Å². The molecule has 3 fully saturated rings. The highest BCUT2D eigenvalue weighted by Crippen LogP contribution is 2.33. The van der Waals surface area contributed by atoms with E-state index in [1.807, 2.05) is 0 Å². The summed E-state index contributed by atoms with van der Waals surface area (Å²) in [5, 5.41) is 3.48. The molecule has 0 amide bonds. The maximum atomic E-state index is 12.1. The summed E-state index contributed by atoms with van der Waals surface area (Å²) in [5.74, 6) is 0.526. The molecule has 0 aromatic carbocycles. The van der Waals surface area contributed by atoms with E-state index in [0.717, 1.165) is 44.9 Å². The number of hydrogen-bond acceptors (Lipinski definition) is 3. The van der Waals surface area contributed by atoms with Crippen molar-refractivity contribution in [2.45, 2.75) is 49.8 Å². The molecule has 4 nitrogen and oxygen atoms in total. The van der Waals surface area contributed by atoms with Crippen molar-refractivity contribution in [2.75, 3.05) is 19.6 Å². The lowest BCUT2D eigenvalue weighted by Crippen LogP contribution is -2.44. The molecule has 1 aliphatic heterocycles. The van der Waals surface area contributed by atoms with Gasteiger partial charge in [-0.25, -0.2) is 12.7 Å². The lowest BCUT2D eigenvalue weighted by Gasteiger charge is -2.32. The van der Waals surface area contributed by atoms with E-state index < -0.39 is 10.0 Å². The van der Waals surface area contributed by atoms with Gasteiger partial charge in [0, 0.05) is 19.1 Å². The first-order valence-corrected chi connectivity index (χ1v) is 8.39. The van der Waals surface area contributed by atoms with Crippen LogP contribution in [0.5, 0.6) is 0 Å². The molecule has 0 bridgehead atoms. The van der Waals surface area contributed by atoms with Gasteiger partial charge in [0.05, 0.1) is 5.25 Å². The van der Waals surface area contributed by atoms with E-state index in [4.69, 9.17) is 0 Å². The van der Waals surface area contributed by atoms with Crippen molar-refractivity contribution >= 4 is 10.0 Å². The number of nitrogens with zero attached hydrogens (tertiary/aromatic N) is 1. The van der Waals surface area contributed by atoms with Gasteiger partial charge < -0.3 is 5.32 Å². The number of hydrogen-bond donors (Lipinski definition) is 1. The summed E-state index contributed by atoms with van der Waals surface area (Å²) in [6.45, 7) is 2.50. The normalized spacial score (nSPS) is 31.6. The Kier molecular flexibility index (Phi) is 3.17. The van der Waals surface area contributed by atoms with Crippen molar-refractivity contribution in [3.8, 4) is 0 Å². The predicted molar refractivity (Wildman–Crippen MR) is 67.3 cm³/mol. The highest BCUT2D eigenvalue weighted by atomic mass is 32.2. The molecule has 1 N–H and O–H groups in total. The minimum Gasteiger partial charge on any atom is -0.314 e. The molecule has 98 valence electrons. The van der Waals surface area contributed by atoms with Crippen molar-refractivity contribution in [1.29, 1.82) is 0 Å². The van der Waals surface area contributed by atoms with Gasteiger partial charge in [0.1, 0.15) is 0 Å². The Morgan fingerprint density at radius 2 is 1.88 bits per heavy atom. The maximum Gasteiger partial charge on any atom is 0.216 e. The lowest BCUT2D eigenvalue weighted by atomic mass is 10.00. The highest BCUT2D eigenvalue weighted by molar-refractivity contribution is 7.90. The zero-order valence-corrected chi connectivity index (χ0v) is 11.1. The molecular formula is C12H22N2O2S. The monoisotopic (exact) mass is 258 g/mol. The summed E-state index contributed by atoms with van der Waals surface area (Å²) < 4.78 is 26.1. The topological polar surface area (TPSA) is 49.4 Å². The fraction of sp³-hybridized carbons (Fsp3) is 1.00. The largest absolute Gasteiger partial charge is 0.314 e. The van der Waals surface area contributed by atoms with E-state index in [2.05, 4.69) is 5.32 Å². The fourth-order valence-electron chi connectivity index (χ4n) is 2.62. The number of sulfonamides is 1. The Hall–Kier alpha value is -0.130. The fourth-order valence-corrected chi connectivity index (χ4v) is 4.58. The molecule has 1 atom stereocenters. The second-order valence-corrected chi connectivity index (χ2v) is 8.01. The molecule has 3 aliphatic rings. The van der Waals surface area contributed by atoms with Crippen molar-refractivity contribution in [1.82, 2.24) is 9.62 Å². The van der Waals surface area contributed by atoms with Crippen molar-refractivity contribution < 1.29 is 8.42 Å². The van der Waals surface area contributed by atoms with Crippen LogP contribution in [0, 0.1) is 5.92 Å². The molecular weight excluding hydrogens is 236 g/mol. The number of rotatable bonds is 5. The van der Waals surface area contributed by atoms with Gasteiger partial charge in [-0.15, -0.1) is 0 Å². The third-order valence-corrected chi connectivity index (χ3v) is 6.43. The zero-order chi connectivity index (χ0) is 11.9. The van der Waals surface area contributed by atoms with Gasteiger partial charge >= 0.3 is 0 Å². The third-order valence-electron chi connectivity index (χ3n) is 4.06. The van der Waals surface area contributed by atoms with Crippen molar-refractivity contribution in [3.05, 3.63) is 0 Å². The lowest BCUT2D eigenvalue weighted by molar-refractivity contribution is 0.259. The molecule has 0 aromatic rings. The molecule has 3 rings (SSSR count). The van der Waals surface area contributed by atoms with Crippen LogP contribution in [0.4, 0.5) is 0 Å². The minimum atomic E-state index is -2.94. The standard InChI is InChI=1S/C12H22N2O2S/c15-17(16,12-5-6-12)14-7-1-2-10(9-14)8-13-11-3-4-11/h10-13H,1-9H2. The summed E-state index contributed by atoms with van der Waals surface area (Å²) in [7, 11) is -2.94. The second kappa shape index (κ2) is 4.52. The van der Waals surface area contributed by atoms with Crippen LogP contribution < -0.4 is 5.32 Å². The van der Waals surface area contributed by atoms with E-state index in [1.54, 1.807) is 4.31 Å². The molecule has 1 heterocycles. The quantitative estimate of drug-likeness (QED) is 0.798. The van der Waals surface area contributed by atoms with Gasteiger partial charge in [0.25, 0.3) is 0 Å². The van der Waals surface area contributed by atoms with E-state index in [9.17, 15) is 8.42 Å². The van der Waals surface area contributed by atoms with Gasteiger partial charge in [0.15, 0.2) is 0 Å². The average Bonchev–Trinajstić information content (AvgIpc) is 3.19. The molecule has 0 aromatic heterocycles. The first kappa shape index (κ1) is 11.9. The van der Waals surface area contributed by atoms with Crippen LogP contribution in [0.15, 0.2) is 0 Å². The van der Waals surface area contributed by atoms with Crippen LogP contribution in [0.1, 0.15) is 38.5 Å². The zero-order valence-electron chi connectivity index (χ0n) is 10.3. The van der Waals surface area contributed by atoms with Crippen molar-refractivity contribution in [2.24, 2.45) is 5.92 Å². The Balaban J connectivity index is 1.54. The van der Waals surface area contributed by atoms with E-state index in [-0.39, 0.29) is 5.25 Å². The van der Waals surface area contributed by atoms with Gasteiger partial charge in [-0.3, -0.25) is 0 Å². The molecule has 5 heteroatoms. The summed E-state index contributed by atoms with van der Waals surface area (Å²) >= 11 is 0. The van der Waals surface area contributed by atoms with Gasteiger partial charge in [-0.1, -0.05) is 0 Å². The Morgan fingerprint density at radius 1 is 1.12 bits per heavy atom. The van der Waals surface area contributed by atoms with Gasteiger partial charge in [0.2, 0.25) is 10.0 Å². The Labute approximate surface area is 104 Å². The maximum absolute atomic E-state index is 12.1. The first-order valence-electron chi connectivity index (χ1n) is 6.88. The minimum absolute atomic E-state index is 0.0439. The average molecular weight is 258 g/mol. The Morgan fingerprint density at radius 3 is 2.53 bits per heavy atom. The molecule has 1 saturated heterocycles. The van der Waals surface area contributed by atoms with Crippen LogP contribution >= 0.6 is 0 Å². The highest BCUT2D eigenvalue weighted by Gasteiger charge is 2.41. The predicted octanol–water partition coefficient (Wildman–Crippen LogP) is 0.943. The van der Waals surface area contributed by atoms with E-state index >= 15 is 0 Å². The van der Waals surface area contributed by atoms with E-state index in [0.29, 0.717) is 5.92 Å². The smallest absolute Gasteiger partial charge is 0.216 e. The van der Waals surface area contributed by atoms with Gasteiger partial charge in [-0.05, 0) is 51.0 Å². The molecule has 17 heavy (non-hydrogen) atoms. The summed E-state index contributed by atoms with van der Waals surface area (Å²) in [4.78, 5) is 0. The van der Waals surface area contributed by atoms with Crippen LogP contribution in [-0.4, -0.2) is 43.6 Å². The molecule has 0 spiro atoms. The molecule has 1 unspecified atom stereocenters. The molecule has 2 saturated carbocycles. The molecule has 2 aliphatic carbocycles.